The quantitative estimate of drug-likeness (QED) is 0.571. The molecule has 1 aromatic rings. The zero-order chi connectivity index (χ0) is 14.5. The van der Waals surface area contributed by atoms with Crippen molar-refractivity contribution in [1.29, 1.82) is 0 Å². The van der Waals surface area contributed by atoms with E-state index in [-0.39, 0.29) is 0 Å². The van der Waals surface area contributed by atoms with Crippen molar-refractivity contribution in [2.75, 3.05) is 0 Å². The van der Waals surface area contributed by atoms with Gasteiger partial charge in [0.2, 0.25) is 0 Å². The lowest BCUT2D eigenvalue weighted by Gasteiger charge is -2.23. The normalized spacial score (nSPS) is 28.2. The number of hydrogen-bond donors (Lipinski definition) is 0. The fourth-order valence-electron chi connectivity index (χ4n) is 4.68. The van der Waals surface area contributed by atoms with Gasteiger partial charge in [0.15, 0.2) is 0 Å². The highest BCUT2D eigenvalue weighted by molar-refractivity contribution is 5.67. The molecule has 0 spiro atoms. The van der Waals surface area contributed by atoms with E-state index >= 15 is 0 Å². The average Bonchev–Trinajstić information content (AvgIpc) is 3.06. The predicted molar refractivity (Wildman–Crippen MR) is 92.5 cm³/mol. The maximum Gasteiger partial charge on any atom is 0.0237 e. The number of benzene rings is 1. The smallest absolute Gasteiger partial charge is 0.0237 e. The average molecular weight is 284 g/mol. The topological polar surface area (TPSA) is 0 Å². The van der Waals surface area contributed by atoms with E-state index in [1.54, 1.807) is 22.3 Å². The zero-order valence-corrected chi connectivity index (χ0v) is 12.8. The standard InChI is InChI=1S/C22H20/c1-3-7-19-15(5-1)13-17-9-12-22-18(10-11-21(17)19)14-16-6-2-4-8-20(16)22/h1-8,13-14,19,22H,9-12H2. The Balaban J connectivity index is 1.50. The van der Waals surface area contributed by atoms with Crippen molar-refractivity contribution in [3.63, 3.8) is 0 Å². The molecule has 4 aliphatic rings. The summed E-state index contributed by atoms with van der Waals surface area (Å²) in [4.78, 5) is 0. The fraction of sp³-hybridized carbons (Fsp3) is 0.273. The van der Waals surface area contributed by atoms with E-state index in [9.17, 15) is 0 Å². The first kappa shape index (κ1) is 12.5. The molecule has 0 amide bonds. The van der Waals surface area contributed by atoms with Crippen molar-refractivity contribution in [3.05, 3.63) is 88.1 Å². The van der Waals surface area contributed by atoms with Crippen molar-refractivity contribution in [3.8, 4) is 0 Å². The van der Waals surface area contributed by atoms with Gasteiger partial charge in [-0.3, -0.25) is 0 Å². The molecule has 22 heavy (non-hydrogen) atoms. The highest BCUT2D eigenvalue weighted by atomic mass is 14.4. The van der Waals surface area contributed by atoms with Crippen molar-refractivity contribution in [1.82, 2.24) is 0 Å². The molecule has 5 rings (SSSR count). The van der Waals surface area contributed by atoms with Crippen LogP contribution in [0.2, 0.25) is 0 Å². The summed E-state index contributed by atoms with van der Waals surface area (Å²) >= 11 is 0. The molecule has 0 saturated heterocycles. The Bertz CT molecular complexity index is 795. The van der Waals surface area contributed by atoms with Crippen LogP contribution in [0.15, 0.2) is 76.9 Å². The van der Waals surface area contributed by atoms with Crippen molar-refractivity contribution in [2.24, 2.45) is 5.92 Å². The van der Waals surface area contributed by atoms with Gasteiger partial charge in [-0.25, -0.2) is 0 Å². The van der Waals surface area contributed by atoms with Crippen LogP contribution >= 0.6 is 0 Å². The zero-order valence-electron chi connectivity index (χ0n) is 12.8. The van der Waals surface area contributed by atoms with Gasteiger partial charge < -0.3 is 0 Å². The van der Waals surface area contributed by atoms with Gasteiger partial charge in [0.05, 0.1) is 0 Å². The highest BCUT2D eigenvalue weighted by Crippen LogP contribution is 2.48. The van der Waals surface area contributed by atoms with Crippen LogP contribution in [-0.2, 0) is 0 Å². The third-order valence-electron chi connectivity index (χ3n) is 5.74. The molecule has 1 aromatic carbocycles. The summed E-state index contributed by atoms with van der Waals surface area (Å²) in [6.07, 6.45) is 19.0. The monoisotopic (exact) mass is 284 g/mol. The molecule has 0 saturated carbocycles. The van der Waals surface area contributed by atoms with Crippen LogP contribution in [0.25, 0.3) is 6.08 Å². The number of allylic oxidation sites excluding steroid dienone is 9. The summed E-state index contributed by atoms with van der Waals surface area (Å²) in [5, 5.41) is 0. The van der Waals surface area contributed by atoms with Crippen LogP contribution in [0, 0.1) is 5.92 Å². The molecule has 2 atom stereocenters. The molecule has 0 heterocycles. The van der Waals surface area contributed by atoms with Gasteiger partial charge >= 0.3 is 0 Å². The van der Waals surface area contributed by atoms with Gasteiger partial charge in [-0.2, -0.15) is 0 Å². The first-order valence-electron chi connectivity index (χ1n) is 8.48. The molecular formula is C22H20. The number of fused-ring (bicyclic) bond motifs is 5. The first-order valence-corrected chi connectivity index (χ1v) is 8.48. The maximum atomic E-state index is 2.47. The summed E-state index contributed by atoms with van der Waals surface area (Å²) in [5.74, 6) is 1.23. The van der Waals surface area contributed by atoms with E-state index in [1.807, 2.05) is 0 Å². The molecule has 0 aliphatic heterocycles. The summed E-state index contributed by atoms with van der Waals surface area (Å²) in [5.41, 5.74) is 9.50. The third-order valence-corrected chi connectivity index (χ3v) is 5.74. The van der Waals surface area contributed by atoms with Gasteiger partial charge in [0, 0.05) is 11.8 Å². The minimum Gasteiger partial charge on any atom is -0.0730 e. The Kier molecular flexibility index (Phi) is 2.67. The molecular weight excluding hydrogens is 264 g/mol. The van der Waals surface area contributed by atoms with Crippen LogP contribution < -0.4 is 0 Å². The molecule has 0 N–H and O–H groups in total. The molecule has 0 fully saturated rings. The van der Waals surface area contributed by atoms with Gasteiger partial charge in [0.1, 0.15) is 0 Å². The molecule has 0 radical (unpaired) electrons. The number of hydrogen-bond acceptors (Lipinski definition) is 0. The predicted octanol–water partition coefficient (Wildman–Crippen LogP) is 5.72. The molecule has 2 unspecified atom stereocenters. The maximum absolute atomic E-state index is 2.47. The van der Waals surface area contributed by atoms with E-state index in [2.05, 4.69) is 60.7 Å². The van der Waals surface area contributed by atoms with Gasteiger partial charge in [-0.1, -0.05) is 71.9 Å². The molecule has 0 heteroatoms. The van der Waals surface area contributed by atoms with E-state index in [0.29, 0.717) is 11.8 Å². The van der Waals surface area contributed by atoms with Crippen molar-refractivity contribution in [2.45, 2.75) is 31.6 Å². The first-order chi connectivity index (χ1) is 10.9. The lowest BCUT2D eigenvalue weighted by molar-refractivity contribution is 0.650. The largest absolute Gasteiger partial charge is 0.0730 e. The molecule has 0 aromatic heterocycles. The third kappa shape index (κ3) is 1.76. The number of rotatable bonds is 0. The van der Waals surface area contributed by atoms with Crippen molar-refractivity contribution >= 4 is 6.08 Å². The van der Waals surface area contributed by atoms with Gasteiger partial charge in [-0.15, -0.1) is 0 Å². The minimum absolute atomic E-state index is 0.570. The Morgan fingerprint density at radius 2 is 1.86 bits per heavy atom. The van der Waals surface area contributed by atoms with E-state index in [0.717, 1.165) is 0 Å². The Morgan fingerprint density at radius 3 is 2.86 bits per heavy atom. The van der Waals surface area contributed by atoms with E-state index in [4.69, 9.17) is 0 Å². The summed E-state index contributed by atoms with van der Waals surface area (Å²) in [6.45, 7) is 0. The second-order valence-electron chi connectivity index (χ2n) is 6.86. The highest BCUT2D eigenvalue weighted by Gasteiger charge is 2.31. The summed E-state index contributed by atoms with van der Waals surface area (Å²) in [7, 11) is 0. The van der Waals surface area contributed by atoms with Crippen LogP contribution in [0.4, 0.5) is 0 Å². The lowest BCUT2D eigenvalue weighted by Crippen LogP contribution is -2.07. The van der Waals surface area contributed by atoms with Crippen LogP contribution in [-0.4, -0.2) is 0 Å². The molecule has 0 nitrogen and oxygen atoms in total. The summed E-state index contributed by atoms with van der Waals surface area (Å²) < 4.78 is 0. The SMILES string of the molecule is C1=CC2=CC3=C(CCC4=Cc5ccccc5C4CC3)C2C=C1. The van der Waals surface area contributed by atoms with E-state index < -0.39 is 0 Å². The second-order valence-corrected chi connectivity index (χ2v) is 6.86. The van der Waals surface area contributed by atoms with Gasteiger partial charge in [0.25, 0.3) is 0 Å². The molecule has 0 bridgehead atoms. The van der Waals surface area contributed by atoms with Crippen LogP contribution in [0.3, 0.4) is 0 Å². The Morgan fingerprint density at radius 1 is 0.909 bits per heavy atom. The fourth-order valence-corrected chi connectivity index (χ4v) is 4.68. The Labute approximate surface area is 132 Å². The van der Waals surface area contributed by atoms with E-state index in [1.165, 1.54) is 36.8 Å². The van der Waals surface area contributed by atoms with Crippen molar-refractivity contribution < 1.29 is 0 Å². The minimum atomic E-state index is 0.570. The van der Waals surface area contributed by atoms with Gasteiger partial charge in [-0.05, 0) is 48.0 Å². The lowest BCUT2D eigenvalue weighted by atomic mass is 9.81. The second kappa shape index (κ2) is 4.71. The summed E-state index contributed by atoms with van der Waals surface area (Å²) in [6, 6.07) is 8.97. The molecule has 4 aliphatic carbocycles. The van der Waals surface area contributed by atoms with Crippen LogP contribution in [0.5, 0.6) is 0 Å². The van der Waals surface area contributed by atoms with Crippen LogP contribution in [0.1, 0.15) is 42.7 Å². The molecule has 108 valence electrons. The Hall–Kier alpha value is -2.08.